The molecule has 1 unspecified atom stereocenters. The lowest BCUT2D eigenvalue weighted by Crippen LogP contribution is -2.41. The van der Waals surface area contributed by atoms with Crippen LogP contribution >= 0.6 is 0 Å². The Balaban J connectivity index is 1.89. The van der Waals surface area contributed by atoms with Gasteiger partial charge in [0, 0.05) is 30.8 Å². The van der Waals surface area contributed by atoms with E-state index in [9.17, 15) is 14.5 Å². The number of nitro groups is 1. The Labute approximate surface area is 124 Å². The van der Waals surface area contributed by atoms with Crippen LogP contribution < -0.4 is 5.32 Å². The van der Waals surface area contributed by atoms with Gasteiger partial charge in [-0.05, 0) is 45.0 Å². The van der Waals surface area contributed by atoms with Crippen molar-refractivity contribution in [1.29, 1.82) is 0 Å². The van der Waals surface area contributed by atoms with Crippen LogP contribution in [-0.2, 0) is 6.54 Å². The van der Waals surface area contributed by atoms with Gasteiger partial charge < -0.3 is 10.2 Å². The summed E-state index contributed by atoms with van der Waals surface area (Å²) >= 11 is 0. The number of piperidine rings is 1. The average molecular weight is 295 g/mol. The van der Waals surface area contributed by atoms with Crippen molar-refractivity contribution in [3.8, 4) is 0 Å². The highest BCUT2D eigenvalue weighted by Crippen LogP contribution is 2.19. The molecule has 0 aliphatic carbocycles. The first-order chi connectivity index (χ1) is 10.1. The van der Waals surface area contributed by atoms with Crippen molar-refractivity contribution in [3.05, 3.63) is 39.7 Å². The van der Waals surface area contributed by atoms with Gasteiger partial charge in [-0.2, -0.15) is 0 Å². The van der Waals surface area contributed by atoms with Crippen LogP contribution in [0.3, 0.4) is 0 Å². The number of nitrogens with zero attached hydrogens (tertiary/aromatic N) is 2. The third kappa shape index (κ3) is 4.75. The first kappa shape index (κ1) is 15.9. The Morgan fingerprint density at radius 3 is 2.76 bits per heavy atom. The van der Waals surface area contributed by atoms with Crippen LogP contribution in [0, 0.1) is 15.9 Å². The molecule has 116 valence electrons. The first-order valence-electron chi connectivity index (χ1n) is 7.45. The highest BCUT2D eigenvalue weighted by atomic mass is 19.1. The van der Waals surface area contributed by atoms with Crippen molar-refractivity contribution in [3.63, 3.8) is 0 Å². The zero-order chi connectivity index (χ0) is 15.2. The molecule has 1 aliphatic rings. The zero-order valence-corrected chi connectivity index (χ0v) is 12.3. The van der Waals surface area contributed by atoms with E-state index in [2.05, 4.69) is 17.1 Å². The maximum Gasteiger partial charge on any atom is 0.274 e. The molecule has 0 spiro atoms. The summed E-state index contributed by atoms with van der Waals surface area (Å²) in [5, 5.41) is 14.2. The lowest BCUT2D eigenvalue weighted by Gasteiger charge is -2.29. The van der Waals surface area contributed by atoms with Crippen LogP contribution in [0.25, 0.3) is 0 Å². The van der Waals surface area contributed by atoms with Crippen molar-refractivity contribution in [1.82, 2.24) is 10.2 Å². The Hall–Kier alpha value is -1.53. The SMILES string of the molecule is CC(CN1CCCCC1)NCc1cc(F)ccc1[N+](=O)[O-]. The second-order valence-corrected chi connectivity index (χ2v) is 5.67. The quantitative estimate of drug-likeness (QED) is 0.647. The second-order valence-electron chi connectivity index (χ2n) is 5.67. The third-order valence-corrected chi connectivity index (χ3v) is 3.86. The lowest BCUT2D eigenvalue weighted by atomic mass is 10.1. The molecular weight excluding hydrogens is 273 g/mol. The Morgan fingerprint density at radius 1 is 1.38 bits per heavy atom. The molecule has 1 saturated heterocycles. The standard InChI is InChI=1S/C15H22FN3O2/c1-12(11-18-7-3-2-4-8-18)17-10-13-9-14(16)5-6-15(13)19(20)21/h5-6,9,12,17H,2-4,7-8,10-11H2,1H3. The smallest absolute Gasteiger partial charge is 0.274 e. The molecule has 1 fully saturated rings. The molecular formula is C15H22FN3O2. The van der Waals surface area contributed by atoms with Crippen LogP contribution in [-0.4, -0.2) is 35.5 Å². The molecule has 2 rings (SSSR count). The normalized spacial score (nSPS) is 17.6. The predicted molar refractivity (Wildman–Crippen MR) is 79.6 cm³/mol. The van der Waals surface area contributed by atoms with Crippen molar-refractivity contribution in [2.75, 3.05) is 19.6 Å². The van der Waals surface area contributed by atoms with E-state index in [0.717, 1.165) is 25.7 Å². The molecule has 1 aromatic carbocycles. The van der Waals surface area contributed by atoms with Crippen LogP contribution in [0.1, 0.15) is 31.7 Å². The van der Waals surface area contributed by atoms with Gasteiger partial charge in [0.25, 0.3) is 5.69 Å². The predicted octanol–water partition coefficient (Wildman–Crippen LogP) is 2.70. The van der Waals surface area contributed by atoms with Crippen molar-refractivity contribution in [2.24, 2.45) is 0 Å². The van der Waals surface area contributed by atoms with E-state index in [0.29, 0.717) is 12.1 Å². The fourth-order valence-corrected chi connectivity index (χ4v) is 2.75. The zero-order valence-electron chi connectivity index (χ0n) is 12.3. The van der Waals surface area contributed by atoms with E-state index < -0.39 is 10.7 Å². The summed E-state index contributed by atoms with van der Waals surface area (Å²) in [7, 11) is 0. The number of hydrogen-bond donors (Lipinski definition) is 1. The van der Waals surface area contributed by atoms with E-state index in [1.807, 2.05) is 0 Å². The maximum absolute atomic E-state index is 13.2. The number of benzene rings is 1. The largest absolute Gasteiger partial charge is 0.309 e. The summed E-state index contributed by atoms with van der Waals surface area (Å²) in [4.78, 5) is 12.9. The molecule has 6 heteroatoms. The average Bonchev–Trinajstić information content (AvgIpc) is 2.46. The van der Waals surface area contributed by atoms with Gasteiger partial charge in [0.15, 0.2) is 0 Å². The van der Waals surface area contributed by atoms with Gasteiger partial charge in [-0.3, -0.25) is 10.1 Å². The lowest BCUT2D eigenvalue weighted by molar-refractivity contribution is -0.385. The molecule has 0 bridgehead atoms. The molecule has 0 radical (unpaired) electrons. The van der Waals surface area contributed by atoms with E-state index in [1.54, 1.807) is 0 Å². The molecule has 1 aromatic rings. The Kier molecular flexibility index (Phi) is 5.64. The number of likely N-dealkylation sites (tertiary alicyclic amines) is 1. The highest BCUT2D eigenvalue weighted by molar-refractivity contribution is 5.40. The molecule has 1 heterocycles. The van der Waals surface area contributed by atoms with Gasteiger partial charge in [-0.15, -0.1) is 0 Å². The number of hydrogen-bond acceptors (Lipinski definition) is 4. The summed E-state index contributed by atoms with van der Waals surface area (Å²) < 4.78 is 13.2. The summed E-state index contributed by atoms with van der Waals surface area (Å²) in [5.41, 5.74) is 0.361. The van der Waals surface area contributed by atoms with Gasteiger partial charge in [-0.1, -0.05) is 6.42 Å². The molecule has 0 amide bonds. The minimum atomic E-state index is -0.467. The fraction of sp³-hybridized carbons (Fsp3) is 0.600. The Bertz CT molecular complexity index is 490. The van der Waals surface area contributed by atoms with E-state index in [4.69, 9.17) is 0 Å². The third-order valence-electron chi connectivity index (χ3n) is 3.86. The van der Waals surface area contributed by atoms with E-state index in [1.165, 1.54) is 31.4 Å². The first-order valence-corrected chi connectivity index (χ1v) is 7.45. The summed E-state index contributed by atoms with van der Waals surface area (Å²) in [5.74, 6) is -0.443. The number of nitro benzene ring substituents is 1. The molecule has 21 heavy (non-hydrogen) atoms. The topological polar surface area (TPSA) is 58.4 Å². The van der Waals surface area contributed by atoms with Gasteiger partial charge in [-0.25, -0.2) is 4.39 Å². The van der Waals surface area contributed by atoms with Crippen LogP contribution in [0.5, 0.6) is 0 Å². The molecule has 0 aromatic heterocycles. The van der Waals surface area contributed by atoms with Gasteiger partial charge in [0.1, 0.15) is 5.82 Å². The van der Waals surface area contributed by atoms with E-state index in [-0.39, 0.29) is 11.7 Å². The fourth-order valence-electron chi connectivity index (χ4n) is 2.75. The molecule has 0 saturated carbocycles. The van der Waals surface area contributed by atoms with Gasteiger partial charge in [0.2, 0.25) is 0 Å². The van der Waals surface area contributed by atoms with Gasteiger partial charge >= 0.3 is 0 Å². The molecule has 5 nitrogen and oxygen atoms in total. The van der Waals surface area contributed by atoms with Crippen LogP contribution in [0.15, 0.2) is 18.2 Å². The number of rotatable bonds is 6. The molecule has 1 aliphatic heterocycles. The van der Waals surface area contributed by atoms with Crippen LogP contribution in [0.4, 0.5) is 10.1 Å². The van der Waals surface area contributed by atoms with Crippen molar-refractivity contribution in [2.45, 2.75) is 38.8 Å². The monoisotopic (exact) mass is 295 g/mol. The highest BCUT2D eigenvalue weighted by Gasteiger charge is 2.17. The maximum atomic E-state index is 13.2. The Morgan fingerprint density at radius 2 is 2.10 bits per heavy atom. The van der Waals surface area contributed by atoms with Crippen molar-refractivity contribution < 1.29 is 9.31 Å². The van der Waals surface area contributed by atoms with Gasteiger partial charge in [0.05, 0.1) is 4.92 Å². The number of halogens is 1. The van der Waals surface area contributed by atoms with Crippen LogP contribution in [0.2, 0.25) is 0 Å². The van der Waals surface area contributed by atoms with Crippen molar-refractivity contribution >= 4 is 5.69 Å². The second kappa shape index (κ2) is 7.47. The molecule has 1 N–H and O–H groups in total. The van der Waals surface area contributed by atoms with E-state index >= 15 is 0 Å². The summed E-state index contributed by atoms with van der Waals surface area (Å²) in [6, 6.07) is 3.80. The summed E-state index contributed by atoms with van der Waals surface area (Å²) in [6.07, 6.45) is 3.78. The minimum absolute atomic E-state index is 0.0333. The minimum Gasteiger partial charge on any atom is -0.309 e. The number of nitrogens with one attached hydrogen (secondary N) is 1. The molecule has 1 atom stereocenters. The summed E-state index contributed by atoms with van der Waals surface area (Å²) in [6.45, 7) is 5.52.